The zero-order valence-electron chi connectivity index (χ0n) is 4.43. The van der Waals surface area contributed by atoms with Crippen molar-refractivity contribution >= 4 is 34.8 Å². The topological polar surface area (TPSA) is 121 Å². The Bertz CT molecular complexity index is 37.1. The number of hydrogen-bond donors (Lipinski definition) is 0. The first-order valence-corrected chi connectivity index (χ1v) is 2.45. The number of halogens is 1. The van der Waals surface area contributed by atoms with Crippen LogP contribution in [0.1, 0.15) is 0 Å². The van der Waals surface area contributed by atoms with E-state index in [2.05, 4.69) is 0 Å². The molecule has 0 aromatic rings. The third kappa shape index (κ3) is 222. The van der Waals surface area contributed by atoms with Gasteiger partial charge in [0.1, 0.15) is 0 Å². The van der Waals surface area contributed by atoms with Gasteiger partial charge in [0.2, 0.25) is 0 Å². The molecular formula is AlBFGdO5Si+7. The van der Waals surface area contributed by atoms with Gasteiger partial charge in [-0.25, -0.2) is 0 Å². The summed E-state index contributed by atoms with van der Waals surface area (Å²) in [5.41, 5.74) is 0. The quantitative estimate of drug-likeness (QED) is 0.413. The van der Waals surface area contributed by atoms with Gasteiger partial charge >= 0.3 is 71.2 Å². The maximum Gasteiger partial charge on any atom is 3.00 e. The first-order valence-electron chi connectivity index (χ1n) is 0.816. The molecule has 48 valence electrons. The maximum absolute atomic E-state index is 8.58. The first kappa shape index (κ1) is 40.7. The molecule has 0 fully saturated rings. The van der Waals surface area contributed by atoms with Crippen molar-refractivity contribution in [3.63, 3.8) is 0 Å². The average molecular weight is 322 g/mol. The fourth-order valence-electron chi connectivity index (χ4n) is 0. The Kier molecular flexibility index (Phi) is 69.6. The number of hydrogen-bond acceptors (Lipinski definition) is 4. The molecule has 0 rings (SSSR count). The minimum absolute atomic E-state index is 0. The summed E-state index contributed by atoms with van der Waals surface area (Å²) in [6.45, 7) is 0. The Balaban J connectivity index is -0.00000000800. The van der Waals surface area contributed by atoms with E-state index in [-0.39, 0.29) is 75.9 Å². The van der Waals surface area contributed by atoms with Crippen LogP contribution in [0.2, 0.25) is 0 Å². The fourth-order valence-corrected chi connectivity index (χ4v) is 0. The molecule has 5 nitrogen and oxygen atoms in total. The monoisotopic (exact) mass is 323 g/mol. The van der Waals surface area contributed by atoms with Crippen LogP contribution in [0.5, 0.6) is 0 Å². The Morgan fingerprint density at radius 2 is 0.900 bits per heavy atom. The Labute approximate surface area is 103 Å². The minimum atomic E-state index is -5.61. The van der Waals surface area contributed by atoms with Crippen molar-refractivity contribution in [3.8, 4) is 0 Å². The van der Waals surface area contributed by atoms with E-state index in [1.807, 2.05) is 0 Å². The summed E-state index contributed by atoms with van der Waals surface area (Å²) in [7, 11) is -5.61. The van der Waals surface area contributed by atoms with Gasteiger partial charge in [0.15, 0.2) is 0 Å². The second kappa shape index (κ2) is 17.1. The maximum atomic E-state index is 8.58. The van der Waals surface area contributed by atoms with Gasteiger partial charge in [-0.05, 0) is 0 Å². The molecule has 0 saturated carbocycles. The molecule has 0 saturated heterocycles. The van der Waals surface area contributed by atoms with Gasteiger partial charge in [-0.1, -0.05) is 0 Å². The van der Waals surface area contributed by atoms with Crippen LogP contribution in [0.4, 0.5) is 4.70 Å². The SMILES string of the molecule is [Al+3].[B+3].[F].[Gd+3].[O+2].[O-][Si]([O-])([O-])[O-]. The molecule has 0 spiro atoms. The van der Waals surface area contributed by atoms with E-state index in [0.717, 1.165) is 0 Å². The average Bonchev–Trinajstić information content (AvgIpc) is 0.722. The summed E-state index contributed by atoms with van der Waals surface area (Å²) in [6, 6.07) is 0. The molecular weight excluding hydrogens is 322 g/mol. The smallest absolute Gasteiger partial charge is 0.894 e. The van der Waals surface area contributed by atoms with Crippen LogP contribution in [0.15, 0.2) is 0 Å². The largest absolute Gasteiger partial charge is 3.00 e. The number of rotatable bonds is 0. The Morgan fingerprint density at radius 1 is 0.900 bits per heavy atom. The van der Waals surface area contributed by atoms with Crippen molar-refractivity contribution in [2.45, 2.75) is 0 Å². The second-order valence-corrected chi connectivity index (χ2v) is 1.50. The van der Waals surface area contributed by atoms with E-state index in [1.54, 1.807) is 0 Å². The summed E-state index contributed by atoms with van der Waals surface area (Å²) in [5.74, 6) is 0. The molecule has 0 N–H and O–H groups in total. The van der Waals surface area contributed by atoms with Crippen molar-refractivity contribution in [1.82, 2.24) is 0 Å². The normalized spacial score (nSPS) is 6.00. The molecule has 0 aliphatic rings. The summed E-state index contributed by atoms with van der Waals surface area (Å²) < 4.78 is 0. The first-order chi connectivity index (χ1) is 2.00. The van der Waals surface area contributed by atoms with Crippen molar-refractivity contribution in [2.75, 3.05) is 0 Å². The van der Waals surface area contributed by atoms with E-state index in [1.165, 1.54) is 0 Å². The van der Waals surface area contributed by atoms with Gasteiger partial charge in [-0.2, -0.15) is 0 Å². The van der Waals surface area contributed by atoms with Crippen LogP contribution in [-0.2, 0) is 5.48 Å². The molecule has 10 heavy (non-hydrogen) atoms. The van der Waals surface area contributed by atoms with Crippen LogP contribution in [0.25, 0.3) is 0 Å². The summed E-state index contributed by atoms with van der Waals surface area (Å²) >= 11 is 0. The van der Waals surface area contributed by atoms with Gasteiger partial charge in [0.25, 0.3) is 0 Å². The molecule has 0 aromatic carbocycles. The van der Waals surface area contributed by atoms with Gasteiger partial charge in [0, 0.05) is 4.70 Å². The molecule has 10 heteroatoms. The van der Waals surface area contributed by atoms with Crippen molar-refractivity contribution in [3.05, 3.63) is 0 Å². The van der Waals surface area contributed by atoms with Gasteiger partial charge < -0.3 is 28.2 Å². The predicted octanol–water partition coefficient (Wildman–Crippen LogP) is -5.60. The van der Waals surface area contributed by atoms with Crippen LogP contribution in [0, 0.1) is 39.9 Å². The third-order valence-corrected chi connectivity index (χ3v) is 0. The van der Waals surface area contributed by atoms with Crippen molar-refractivity contribution in [1.29, 1.82) is 0 Å². The molecule has 0 aromatic heterocycles. The van der Waals surface area contributed by atoms with Crippen LogP contribution in [-0.4, -0.2) is 34.8 Å². The van der Waals surface area contributed by atoms with Crippen LogP contribution >= 0.6 is 0 Å². The molecule has 0 bridgehead atoms. The zero-order valence-corrected chi connectivity index (χ0v) is 8.85. The molecule has 0 aliphatic carbocycles. The predicted molar refractivity (Wildman–Crippen MR) is 19.1 cm³/mol. The van der Waals surface area contributed by atoms with Crippen molar-refractivity contribution in [2.24, 2.45) is 0 Å². The van der Waals surface area contributed by atoms with E-state index < -0.39 is 9.05 Å². The molecule has 6 radical (unpaired) electrons. The molecule has 0 heterocycles. The van der Waals surface area contributed by atoms with Crippen LogP contribution < -0.4 is 19.2 Å². The van der Waals surface area contributed by atoms with Gasteiger partial charge in [-0.3, -0.25) is 0 Å². The molecule has 0 amide bonds. The Hall–Kier alpha value is 1.87. The van der Waals surface area contributed by atoms with E-state index in [4.69, 9.17) is 19.2 Å². The van der Waals surface area contributed by atoms with E-state index in [0.29, 0.717) is 0 Å². The van der Waals surface area contributed by atoms with E-state index in [9.17, 15) is 0 Å². The molecule has 0 aliphatic heterocycles. The van der Waals surface area contributed by atoms with Crippen LogP contribution in [0.3, 0.4) is 0 Å². The zero-order chi connectivity index (χ0) is 4.50. The third-order valence-electron chi connectivity index (χ3n) is 0. The summed E-state index contributed by atoms with van der Waals surface area (Å²) in [6.07, 6.45) is 0. The van der Waals surface area contributed by atoms with Gasteiger partial charge in [-0.15, -0.1) is 0 Å². The Morgan fingerprint density at radius 3 is 0.900 bits per heavy atom. The summed E-state index contributed by atoms with van der Waals surface area (Å²) in [4.78, 5) is 34.3. The van der Waals surface area contributed by atoms with Crippen molar-refractivity contribution < 1.29 is 69.3 Å². The summed E-state index contributed by atoms with van der Waals surface area (Å²) in [5, 5.41) is 0. The second-order valence-electron chi connectivity index (χ2n) is 0.500. The minimum Gasteiger partial charge on any atom is -0.894 e. The fraction of sp³-hybridized carbons (Fsp3) is 0. The van der Waals surface area contributed by atoms with E-state index >= 15 is 0 Å². The van der Waals surface area contributed by atoms with Gasteiger partial charge in [0.05, 0.1) is 0 Å². The standard InChI is InChI=1S/Al.B.F.Gd.O4Si.O/c;;;;1-5(2,3)4;/q2*+3;;+3;-4;+2. The molecule has 0 atom stereocenters. The molecule has 0 unspecified atom stereocenters.